The number of carbonyl (C=O) groups is 1. The quantitative estimate of drug-likeness (QED) is 0.920. The summed E-state index contributed by atoms with van der Waals surface area (Å²) >= 11 is 0. The van der Waals surface area contributed by atoms with E-state index < -0.39 is 17.7 Å². The predicted molar refractivity (Wildman–Crippen MR) is 78.6 cm³/mol. The summed E-state index contributed by atoms with van der Waals surface area (Å²) in [6.45, 7) is 0. The van der Waals surface area contributed by atoms with E-state index in [1.165, 1.54) is 24.3 Å². The molecule has 0 aromatic heterocycles. The highest BCUT2D eigenvalue weighted by molar-refractivity contribution is 5.88. The van der Waals surface area contributed by atoms with Crippen LogP contribution in [0.15, 0.2) is 30.3 Å². The van der Waals surface area contributed by atoms with E-state index in [9.17, 15) is 18.0 Å². The molecule has 0 saturated heterocycles. The molecule has 2 fully saturated rings. The molecule has 1 N–H and O–H groups in total. The summed E-state index contributed by atoms with van der Waals surface area (Å²) in [5, 5.41) is 2.62. The first-order valence-corrected chi connectivity index (χ1v) is 7.87. The first-order chi connectivity index (χ1) is 10.9. The Morgan fingerprint density at radius 3 is 2.35 bits per heavy atom. The maximum atomic E-state index is 13.8. The zero-order chi connectivity index (χ0) is 16.7. The standard InChI is InChI=1S/C17H20F3NO2/c1-23-16(17(18,19)20,13-5-3-2-4-6-13)15(22)21-14-10-11-7-8-12(14)9-11/h2-6,11-12,14H,7-10H2,1H3,(H,21,22)/t11-,12+,14-,16-/m1/s1. The lowest BCUT2D eigenvalue weighted by Crippen LogP contribution is -2.58. The van der Waals surface area contributed by atoms with Gasteiger partial charge in [0, 0.05) is 18.7 Å². The van der Waals surface area contributed by atoms with E-state index in [1.54, 1.807) is 6.07 Å². The monoisotopic (exact) mass is 327 g/mol. The minimum Gasteiger partial charge on any atom is -0.356 e. The topological polar surface area (TPSA) is 38.3 Å². The fourth-order valence-electron chi connectivity index (χ4n) is 4.11. The molecule has 2 aliphatic rings. The van der Waals surface area contributed by atoms with Crippen LogP contribution < -0.4 is 5.32 Å². The Morgan fingerprint density at radius 2 is 1.87 bits per heavy atom. The first kappa shape index (κ1) is 16.3. The fourth-order valence-corrected chi connectivity index (χ4v) is 4.11. The molecule has 3 nitrogen and oxygen atoms in total. The number of alkyl halides is 3. The molecule has 0 heterocycles. The molecule has 0 aliphatic heterocycles. The van der Waals surface area contributed by atoms with Gasteiger partial charge in [-0.2, -0.15) is 13.2 Å². The van der Waals surface area contributed by atoms with Gasteiger partial charge in [-0.25, -0.2) is 0 Å². The lowest BCUT2D eigenvalue weighted by molar-refractivity contribution is -0.266. The third kappa shape index (κ3) is 2.63. The minimum absolute atomic E-state index is 0.179. The van der Waals surface area contributed by atoms with Crippen LogP contribution in [0.4, 0.5) is 13.2 Å². The van der Waals surface area contributed by atoms with Crippen LogP contribution >= 0.6 is 0 Å². The zero-order valence-corrected chi connectivity index (χ0v) is 12.9. The molecule has 126 valence electrons. The lowest BCUT2D eigenvalue weighted by atomic mass is 9.89. The van der Waals surface area contributed by atoms with Crippen molar-refractivity contribution in [3.05, 3.63) is 35.9 Å². The molecular weight excluding hydrogens is 307 g/mol. The molecule has 3 rings (SSSR count). The second-order valence-corrected chi connectivity index (χ2v) is 6.50. The summed E-state index contributed by atoms with van der Waals surface area (Å²) in [5.41, 5.74) is -3.16. The molecule has 1 aromatic carbocycles. The van der Waals surface area contributed by atoms with Gasteiger partial charge in [-0.1, -0.05) is 36.8 Å². The molecule has 2 bridgehead atoms. The fraction of sp³-hybridized carbons (Fsp3) is 0.588. The average molecular weight is 327 g/mol. The number of amides is 1. The minimum atomic E-state index is -4.84. The maximum absolute atomic E-state index is 13.8. The Morgan fingerprint density at radius 1 is 1.17 bits per heavy atom. The van der Waals surface area contributed by atoms with E-state index in [0.717, 1.165) is 32.8 Å². The number of nitrogens with one attached hydrogen (secondary N) is 1. The molecule has 23 heavy (non-hydrogen) atoms. The Balaban J connectivity index is 1.90. The normalized spacial score (nSPS) is 29.3. The zero-order valence-electron chi connectivity index (χ0n) is 12.9. The van der Waals surface area contributed by atoms with Crippen molar-refractivity contribution >= 4 is 5.91 Å². The second-order valence-electron chi connectivity index (χ2n) is 6.50. The molecular formula is C17H20F3NO2. The van der Waals surface area contributed by atoms with Crippen molar-refractivity contribution in [2.45, 2.75) is 43.5 Å². The van der Waals surface area contributed by atoms with Gasteiger partial charge in [0.2, 0.25) is 0 Å². The Kier molecular flexibility index (Phi) is 4.12. The largest absolute Gasteiger partial charge is 0.430 e. The highest BCUT2D eigenvalue weighted by Gasteiger charge is 2.63. The number of hydrogen-bond acceptors (Lipinski definition) is 2. The van der Waals surface area contributed by atoms with Crippen LogP contribution in [0.1, 0.15) is 31.2 Å². The number of methoxy groups -OCH3 is 1. The van der Waals surface area contributed by atoms with Gasteiger partial charge in [-0.05, 0) is 31.1 Å². The summed E-state index contributed by atoms with van der Waals surface area (Å²) in [5.74, 6) is -0.288. The van der Waals surface area contributed by atoms with Gasteiger partial charge in [0.15, 0.2) is 0 Å². The maximum Gasteiger partial charge on any atom is 0.430 e. The third-order valence-electron chi connectivity index (χ3n) is 5.26. The van der Waals surface area contributed by atoms with Crippen LogP contribution in [0, 0.1) is 11.8 Å². The van der Waals surface area contributed by atoms with Gasteiger partial charge in [-0.3, -0.25) is 4.79 Å². The smallest absolute Gasteiger partial charge is 0.356 e. The van der Waals surface area contributed by atoms with Crippen LogP contribution in [0.2, 0.25) is 0 Å². The van der Waals surface area contributed by atoms with Crippen LogP contribution in [0.25, 0.3) is 0 Å². The number of hydrogen-bond donors (Lipinski definition) is 1. The van der Waals surface area contributed by atoms with Gasteiger partial charge in [0.05, 0.1) is 0 Å². The Bertz CT molecular complexity index is 575. The summed E-state index contributed by atoms with van der Waals surface area (Å²) in [4.78, 5) is 12.6. The van der Waals surface area contributed by atoms with E-state index in [4.69, 9.17) is 4.74 Å². The number of ether oxygens (including phenoxy) is 1. The Hall–Kier alpha value is -1.56. The van der Waals surface area contributed by atoms with Gasteiger partial charge in [0.1, 0.15) is 0 Å². The van der Waals surface area contributed by atoms with Crippen molar-refractivity contribution in [3.63, 3.8) is 0 Å². The number of halogens is 3. The number of carbonyl (C=O) groups excluding carboxylic acids is 1. The molecule has 4 atom stereocenters. The summed E-state index contributed by atoms with van der Waals surface area (Å²) < 4.78 is 46.2. The first-order valence-electron chi connectivity index (χ1n) is 7.87. The highest BCUT2D eigenvalue weighted by Crippen LogP contribution is 2.46. The molecule has 1 amide bonds. The van der Waals surface area contributed by atoms with Crippen molar-refractivity contribution in [1.29, 1.82) is 0 Å². The summed E-state index contributed by atoms with van der Waals surface area (Å²) in [6.07, 6.45) is -0.979. The number of benzene rings is 1. The van der Waals surface area contributed by atoms with Crippen molar-refractivity contribution in [2.75, 3.05) is 7.11 Å². The molecule has 0 radical (unpaired) electrons. The van der Waals surface area contributed by atoms with E-state index in [2.05, 4.69) is 5.32 Å². The van der Waals surface area contributed by atoms with Crippen molar-refractivity contribution in [3.8, 4) is 0 Å². The third-order valence-corrected chi connectivity index (χ3v) is 5.26. The van der Waals surface area contributed by atoms with E-state index in [1.807, 2.05) is 0 Å². The second kappa shape index (κ2) is 5.82. The number of rotatable bonds is 4. The van der Waals surface area contributed by atoms with Crippen molar-refractivity contribution in [1.82, 2.24) is 5.32 Å². The molecule has 0 unspecified atom stereocenters. The molecule has 2 saturated carbocycles. The van der Waals surface area contributed by atoms with Crippen LogP contribution in [-0.2, 0) is 15.1 Å². The van der Waals surface area contributed by atoms with Crippen LogP contribution in [-0.4, -0.2) is 25.2 Å². The van der Waals surface area contributed by atoms with Gasteiger partial charge >= 0.3 is 6.18 Å². The van der Waals surface area contributed by atoms with Gasteiger partial charge in [-0.15, -0.1) is 0 Å². The Labute approximate surface area is 133 Å². The summed E-state index contributed by atoms with van der Waals surface area (Å²) in [6, 6.07) is 6.92. The van der Waals surface area contributed by atoms with Gasteiger partial charge < -0.3 is 10.1 Å². The predicted octanol–water partition coefficient (Wildman–Crippen LogP) is 3.40. The van der Waals surface area contributed by atoms with Crippen molar-refractivity contribution in [2.24, 2.45) is 11.8 Å². The van der Waals surface area contributed by atoms with Crippen LogP contribution in [0.3, 0.4) is 0 Å². The van der Waals surface area contributed by atoms with E-state index in [0.29, 0.717) is 11.8 Å². The van der Waals surface area contributed by atoms with Crippen molar-refractivity contribution < 1.29 is 22.7 Å². The molecule has 2 aliphatic carbocycles. The van der Waals surface area contributed by atoms with E-state index >= 15 is 0 Å². The van der Waals surface area contributed by atoms with E-state index in [-0.39, 0.29) is 11.6 Å². The highest BCUT2D eigenvalue weighted by atomic mass is 19.4. The van der Waals surface area contributed by atoms with Crippen LogP contribution in [0.5, 0.6) is 0 Å². The lowest BCUT2D eigenvalue weighted by Gasteiger charge is -2.35. The summed E-state index contributed by atoms with van der Waals surface area (Å²) in [7, 11) is 0.931. The SMILES string of the molecule is CO[C@@](C(=O)N[C@@H]1C[C@@H]2CC[C@H]1C2)(c1ccccc1)C(F)(F)F. The molecule has 0 spiro atoms. The number of fused-ring (bicyclic) bond motifs is 2. The average Bonchev–Trinajstić information content (AvgIpc) is 3.11. The molecule has 6 heteroatoms. The molecule has 1 aromatic rings. The van der Waals surface area contributed by atoms with Gasteiger partial charge in [0.25, 0.3) is 11.5 Å².